The number of aliphatic imine (C=N–C) groups is 1. The highest BCUT2D eigenvalue weighted by Gasteiger charge is 2.58. The molecule has 3 fully saturated rings. The van der Waals surface area contributed by atoms with E-state index in [0.717, 1.165) is 25.0 Å². The summed E-state index contributed by atoms with van der Waals surface area (Å²) in [7, 11) is 1.87. The van der Waals surface area contributed by atoms with Crippen LogP contribution in [0.15, 0.2) is 4.99 Å². The fraction of sp³-hybridized carbons (Fsp3) is 0.941. The Balaban J connectivity index is 1.54. The minimum atomic E-state index is 0.196. The second-order valence-electron chi connectivity index (χ2n) is 8.38. The lowest BCUT2D eigenvalue weighted by Crippen LogP contribution is -2.71. The van der Waals surface area contributed by atoms with Crippen LogP contribution in [-0.4, -0.2) is 38.3 Å². The van der Waals surface area contributed by atoms with Gasteiger partial charge in [0.15, 0.2) is 5.96 Å². The van der Waals surface area contributed by atoms with E-state index < -0.39 is 0 Å². The molecule has 4 heteroatoms. The van der Waals surface area contributed by atoms with Gasteiger partial charge in [0, 0.05) is 37.6 Å². The van der Waals surface area contributed by atoms with E-state index in [1.165, 1.54) is 19.3 Å². The second-order valence-corrected chi connectivity index (χ2v) is 8.38. The lowest BCUT2D eigenvalue weighted by Gasteiger charge is -2.60. The third-order valence-corrected chi connectivity index (χ3v) is 6.08. The van der Waals surface area contributed by atoms with Crippen LogP contribution in [0.5, 0.6) is 0 Å². The molecule has 120 valence electrons. The van der Waals surface area contributed by atoms with Crippen LogP contribution in [-0.2, 0) is 4.74 Å². The summed E-state index contributed by atoms with van der Waals surface area (Å²) in [5, 5.41) is 7.18. The number of hydrogen-bond acceptors (Lipinski definition) is 2. The molecule has 0 amide bonds. The van der Waals surface area contributed by atoms with Gasteiger partial charge in [0.05, 0.1) is 6.10 Å². The van der Waals surface area contributed by atoms with Gasteiger partial charge in [-0.25, -0.2) is 0 Å². The Hall–Kier alpha value is -0.770. The molecule has 1 saturated heterocycles. The molecule has 2 saturated carbocycles. The average molecular weight is 293 g/mol. The van der Waals surface area contributed by atoms with Crippen LogP contribution in [0.1, 0.15) is 47.0 Å². The molecule has 1 heterocycles. The molecular formula is C17H31N3O. The van der Waals surface area contributed by atoms with Gasteiger partial charge in [0.1, 0.15) is 0 Å². The maximum absolute atomic E-state index is 5.97. The van der Waals surface area contributed by atoms with Crippen LogP contribution in [0.3, 0.4) is 0 Å². The van der Waals surface area contributed by atoms with E-state index in [9.17, 15) is 0 Å². The molecule has 0 aromatic carbocycles. The molecular weight excluding hydrogens is 262 g/mol. The van der Waals surface area contributed by atoms with Crippen molar-refractivity contribution in [3.8, 4) is 0 Å². The van der Waals surface area contributed by atoms with Crippen molar-refractivity contribution in [3.05, 3.63) is 0 Å². The number of nitrogens with one attached hydrogen (secondary N) is 2. The molecule has 4 atom stereocenters. The van der Waals surface area contributed by atoms with Crippen LogP contribution in [0, 0.1) is 22.7 Å². The van der Waals surface area contributed by atoms with E-state index in [0.29, 0.717) is 23.5 Å². The Bertz CT molecular complexity index is 430. The van der Waals surface area contributed by atoms with Crippen molar-refractivity contribution in [1.82, 2.24) is 10.6 Å². The largest absolute Gasteiger partial charge is 0.377 e. The third-order valence-electron chi connectivity index (χ3n) is 6.08. The first-order valence-corrected chi connectivity index (χ1v) is 8.45. The molecule has 2 aliphatic carbocycles. The van der Waals surface area contributed by atoms with Crippen molar-refractivity contribution in [2.75, 3.05) is 20.2 Å². The molecule has 0 aromatic heterocycles. The maximum Gasteiger partial charge on any atom is 0.191 e. The standard InChI is InChI=1S/C17H31N3O/c1-16(2)9-11(16)10-19-15(18-5)20-13-12-7-6-8-21-14(12)17(13,3)4/h11-14H,6-10H2,1-5H3,(H2,18,19,20). The molecule has 3 rings (SSSR count). The Kier molecular flexibility index (Phi) is 3.71. The summed E-state index contributed by atoms with van der Waals surface area (Å²) in [6.07, 6.45) is 4.21. The molecule has 0 bridgehead atoms. The fourth-order valence-corrected chi connectivity index (χ4v) is 4.30. The van der Waals surface area contributed by atoms with Gasteiger partial charge in [-0.05, 0) is 30.6 Å². The highest BCUT2D eigenvalue weighted by Crippen LogP contribution is 2.52. The van der Waals surface area contributed by atoms with Crippen molar-refractivity contribution >= 4 is 5.96 Å². The van der Waals surface area contributed by atoms with E-state index in [1.807, 2.05) is 7.05 Å². The zero-order chi connectivity index (χ0) is 15.3. The summed E-state index contributed by atoms with van der Waals surface area (Å²) in [4.78, 5) is 4.41. The second kappa shape index (κ2) is 5.15. The van der Waals surface area contributed by atoms with Crippen molar-refractivity contribution in [3.63, 3.8) is 0 Å². The predicted octanol–water partition coefficient (Wildman–Crippen LogP) is 2.40. The van der Waals surface area contributed by atoms with Gasteiger partial charge in [-0.3, -0.25) is 4.99 Å². The lowest BCUT2D eigenvalue weighted by molar-refractivity contribution is -0.188. The highest BCUT2D eigenvalue weighted by atomic mass is 16.5. The molecule has 4 unspecified atom stereocenters. The number of hydrogen-bond donors (Lipinski definition) is 2. The van der Waals surface area contributed by atoms with Gasteiger partial charge in [-0.2, -0.15) is 0 Å². The minimum absolute atomic E-state index is 0.196. The summed E-state index contributed by atoms with van der Waals surface area (Å²) in [5.74, 6) is 2.39. The summed E-state index contributed by atoms with van der Waals surface area (Å²) in [5.41, 5.74) is 0.714. The molecule has 0 radical (unpaired) electrons. The summed E-state index contributed by atoms with van der Waals surface area (Å²) in [6.45, 7) is 11.3. The van der Waals surface area contributed by atoms with Crippen molar-refractivity contribution < 1.29 is 4.74 Å². The van der Waals surface area contributed by atoms with E-state index in [2.05, 4.69) is 43.3 Å². The molecule has 21 heavy (non-hydrogen) atoms. The molecule has 2 N–H and O–H groups in total. The van der Waals surface area contributed by atoms with E-state index in [-0.39, 0.29) is 5.41 Å². The Morgan fingerprint density at radius 2 is 2.00 bits per heavy atom. The molecule has 0 aromatic rings. The quantitative estimate of drug-likeness (QED) is 0.620. The van der Waals surface area contributed by atoms with Crippen LogP contribution < -0.4 is 10.6 Å². The first kappa shape index (κ1) is 15.1. The van der Waals surface area contributed by atoms with Gasteiger partial charge < -0.3 is 15.4 Å². The minimum Gasteiger partial charge on any atom is -0.377 e. The van der Waals surface area contributed by atoms with E-state index in [4.69, 9.17) is 4.74 Å². The maximum atomic E-state index is 5.97. The summed E-state index contributed by atoms with van der Waals surface area (Å²) >= 11 is 0. The number of guanidine groups is 1. The SMILES string of the molecule is CN=C(NCC1CC1(C)C)NC1C2CCCOC2C1(C)C. The molecule has 1 aliphatic heterocycles. The first-order valence-electron chi connectivity index (χ1n) is 8.45. The topological polar surface area (TPSA) is 45.7 Å². The zero-order valence-electron chi connectivity index (χ0n) is 14.2. The van der Waals surface area contributed by atoms with Gasteiger partial charge in [-0.1, -0.05) is 27.7 Å². The molecule has 0 spiro atoms. The zero-order valence-corrected chi connectivity index (χ0v) is 14.2. The number of ether oxygens (including phenoxy) is 1. The highest BCUT2D eigenvalue weighted by molar-refractivity contribution is 5.80. The smallest absolute Gasteiger partial charge is 0.191 e. The van der Waals surface area contributed by atoms with Gasteiger partial charge in [0.2, 0.25) is 0 Å². The predicted molar refractivity (Wildman–Crippen MR) is 86.4 cm³/mol. The Morgan fingerprint density at radius 3 is 2.62 bits per heavy atom. The molecule has 3 aliphatic rings. The summed E-state index contributed by atoms with van der Waals surface area (Å²) < 4.78 is 5.97. The number of rotatable bonds is 3. The van der Waals surface area contributed by atoms with Crippen LogP contribution >= 0.6 is 0 Å². The van der Waals surface area contributed by atoms with Gasteiger partial charge in [-0.15, -0.1) is 0 Å². The number of nitrogens with zero attached hydrogens (tertiary/aromatic N) is 1. The number of fused-ring (bicyclic) bond motifs is 1. The van der Waals surface area contributed by atoms with Crippen molar-refractivity contribution in [2.45, 2.75) is 59.1 Å². The first-order chi connectivity index (χ1) is 9.86. The molecule has 4 nitrogen and oxygen atoms in total. The van der Waals surface area contributed by atoms with Crippen molar-refractivity contribution in [1.29, 1.82) is 0 Å². The Labute approximate surface area is 129 Å². The average Bonchev–Trinajstić information content (AvgIpc) is 3.06. The van der Waals surface area contributed by atoms with Gasteiger partial charge in [0.25, 0.3) is 0 Å². The fourth-order valence-electron chi connectivity index (χ4n) is 4.30. The normalized spacial score (nSPS) is 40.0. The van der Waals surface area contributed by atoms with E-state index in [1.54, 1.807) is 0 Å². The van der Waals surface area contributed by atoms with Crippen LogP contribution in [0.4, 0.5) is 0 Å². The van der Waals surface area contributed by atoms with E-state index >= 15 is 0 Å². The third kappa shape index (κ3) is 2.67. The van der Waals surface area contributed by atoms with Crippen LogP contribution in [0.25, 0.3) is 0 Å². The lowest BCUT2D eigenvalue weighted by atomic mass is 9.55. The Morgan fingerprint density at radius 1 is 1.29 bits per heavy atom. The van der Waals surface area contributed by atoms with Crippen LogP contribution in [0.2, 0.25) is 0 Å². The van der Waals surface area contributed by atoms with Crippen molar-refractivity contribution in [2.24, 2.45) is 27.7 Å². The van der Waals surface area contributed by atoms with Gasteiger partial charge >= 0.3 is 0 Å². The monoisotopic (exact) mass is 293 g/mol. The summed E-state index contributed by atoms with van der Waals surface area (Å²) in [6, 6.07) is 0.473.